The van der Waals surface area contributed by atoms with Crippen molar-refractivity contribution in [1.82, 2.24) is 9.71 Å². The Balaban J connectivity index is 2.58. The number of nitrogens with zero attached hydrogens (tertiary/aromatic N) is 3. The van der Waals surface area contributed by atoms with Gasteiger partial charge >= 0.3 is 5.97 Å². The molecule has 0 unspecified atom stereocenters. The van der Waals surface area contributed by atoms with Crippen molar-refractivity contribution in [3.05, 3.63) is 53.9 Å². The third kappa shape index (κ3) is 3.40. The Morgan fingerprint density at radius 3 is 2.96 bits per heavy atom. The van der Waals surface area contributed by atoms with Crippen LogP contribution < -0.4 is 4.84 Å². The SMILES string of the molecule is C=CCOn1c(-c2cccc(C#N)c2)nc(C)c1C(=O)OCC. The summed E-state index contributed by atoms with van der Waals surface area (Å²) in [5, 5.41) is 9.04. The molecule has 6 heteroatoms. The zero-order chi connectivity index (χ0) is 16.8. The number of aromatic nitrogens is 2. The molecule has 23 heavy (non-hydrogen) atoms. The minimum Gasteiger partial charge on any atom is -0.461 e. The van der Waals surface area contributed by atoms with Crippen LogP contribution in [0.25, 0.3) is 11.4 Å². The molecular formula is C17H17N3O3. The molecule has 0 atom stereocenters. The first-order valence-corrected chi connectivity index (χ1v) is 7.13. The summed E-state index contributed by atoms with van der Waals surface area (Å²) in [4.78, 5) is 22.2. The fourth-order valence-electron chi connectivity index (χ4n) is 2.10. The quantitative estimate of drug-likeness (QED) is 0.605. The highest BCUT2D eigenvalue weighted by Crippen LogP contribution is 2.23. The lowest BCUT2D eigenvalue weighted by molar-refractivity contribution is 0.0459. The van der Waals surface area contributed by atoms with E-state index in [1.165, 1.54) is 4.73 Å². The number of imidazole rings is 1. The molecule has 0 fully saturated rings. The number of hydrogen-bond acceptors (Lipinski definition) is 5. The van der Waals surface area contributed by atoms with Crippen LogP contribution in [0.4, 0.5) is 0 Å². The van der Waals surface area contributed by atoms with Crippen LogP contribution in [0.3, 0.4) is 0 Å². The molecule has 0 spiro atoms. The minimum atomic E-state index is -0.510. The fraction of sp³-hybridized carbons (Fsp3) is 0.235. The molecule has 0 radical (unpaired) electrons. The maximum Gasteiger partial charge on any atom is 0.360 e. The van der Waals surface area contributed by atoms with E-state index in [1.54, 1.807) is 44.2 Å². The summed E-state index contributed by atoms with van der Waals surface area (Å²) >= 11 is 0. The lowest BCUT2D eigenvalue weighted by Gasteiger charge is -2.11. The van der Waals surface area contributed by atoms with E-state index in [9.17, 15) is 4.79 Å². The fourth-order valence-corrected chi connectivity index (χ4v) is 2.10. The molecule has 1 heterocycles. The predicted octanol–water partition coefficient (Wildman–Crippen LogP) is 2.52. The van der Waals surface area contributed by atoms with Gasteiger partial charge in [-0.15, -0.1) is 0 Å². The van der Waals surface area contributed by atoms with Crippen molar-refractivity contribution in [2.45, 2.75) is 13.8 Å². The molecule has 0 aliphatic heterocycles. The van der Waals surface area contributed by atoms with Gasteiger partial charge in [0.15, 0.2) is 11.5 Å². The Kier molecular flexibility index (Phi) is 5.15. The Labute approximate surface area is 134 Å². The lowest BCUT2D eigenvalue weighted by atomic mass is 10.1. The molecule has 0 N–H and O–H groups in total. The molecule has 2 aromatic rings. The molecule has 0 saturated carbocycles. The molecule has 1 aromatic heterocycles. The third-order valence-corrected chi connectivity index (χ3v) is 3.05. The van der Waals surface area contributed by atoms with E-state index in [2.05, 4.69) is 17.6 Å². The summed E-state index contributed by atoms with van der Waals surface area (Å²) in [7, 11) is 0. The first-order chi connectivity index (χ1) is 11.1. The van der Waals surface area contributed by atoms with Gasteiger partial charge in [0.25, 0.3) is 0 Å². The van der Waals surface area contributed by atoms with Gasteiger partial charge in [-0.2, -0.15) is 9.99 Å². The molecule has 0 saturated heterocycles. The Hall–Kier alpha value is -3.07. The number of hydrogen-bond donors (Lipinski definition) is 0. The van der Waals surface area contributed by atoms with Gasteiger partial charge in [-0.05, 0) is 26.0 Å². The van der Waals surface area contributed by atoms with Crippen LogP contribution in [0, 0.1) is 18.3 Å². The van der Waals surface area contributed by atoms with Crippen molar-refractivity contribution in [1.29, 1.82) is 5.26 Å². The summed E-state index contributed by atoms with van der Waals surface area (Å²) in [6.45, 7) is 7.50. The average Bonchev–Trinajstić information content (AvgIpc) is 2.89. The largest absolute Gasteiger partial charge is 0.461 e. The smallest absolute Gasteiger partial charge is 0.360 e. The number of carbonyl (C=O) groups excluding carboxylic acids is 1. The summed E-state index contributed by atoms with van der Waals surface area (Å²) in [5.41, 5.74) is 1.89. The van der Waals surface area contributed by atoms with E-state index >= 15 is 0 Å². The van der Waals surface area contributed by atoms with Gasteiger partial charge in [-0.3, -0.25) is 0 Å². The van der Waals surface area contributed by atoms with Gasteiger partial charge in [0.1, 0.15) is 6.61 Å². The second kappa shape index (κ2) is 7.27. The second-order valence-corrected chi connectivity index (χ2v) is 4.66. The van der Waals surface area contributed by atoms with Crippen molar-refractivity contribution in [2.75, 3.05) is 13.2 Å². The van der Waals surface area contributed by atoms with E-state index in [4.69, 9.17) is 14.8 Å². The van der Waals surface area contributed by atoms with Crippen LogP contribution >= 0.6 is 0 Å². The predicted molar refractivity (Wildman–Crippen MR) is 84.7 cm³/mol. The second-order valence-electron chi connectivity index (χ2n) is 4.66. The van der Waals surface area contributed by atoms with Crippen molar-refractivity contribution >= 4 is 5.97 Å². The van der Waals surface area contributed by atoms with Crippen LogP contribution in [-0.2, 0) is 4.74 Å². The molecule has 0 bridgehead atoms. The number of benzene rings is 1. The standard InChI is InChI=1S/C17H17N3O3/c1-4-9-23-20-15(17(21)22-5-2)12(3)19-16(20)14-8-6-7-13(10-14)11-18/h4,6-8,10H,1,5,9H2,2-3H3. The third-order valence-electron chi connectivity index (χ3n) is 3.05. The van der Waals surface area contributed by atoms with E-state index in [0.717, 1.165) is 0 Å². The maximum absolute atomic E-state index is 12.2. The van der Waals surface area contributed by atoms with E-state index < -0.39 is 5.97 Å². The topological polar surface area (TPSA) is 77.1 Å². The molecule has 2 rings (SSSR count). The monoisotopic (exact) mass is 311 g/mol. The van der Waals surface area contributed by atoms with Crippen molar-refractivity contribution < 1.29 is 14.4 Å². The van der Waals surface area contributed by atoms with Crippen LogP contribution in [0.2, 0.25) is 0 Å². The van der Waals surface area contributed by atoms with Gasteiger partial charge in [0.05, 0.1) is 23.9 Å². The number of ether oxygens (including phenoxy) is 1. The first kappa shape index (κ1) is 16.3. The number of carbonyl (C=O) groups is 1. The number of aryl methyl sites for hydroxylation is 1. The van der Waals surface area contributed by atoms with Gasteiger partial charge in [0.2, 0.25) is 0 Å². The van der Waals surface area contributed by atoms with Gasteiger partial charge in [-0.1, -0.05) is 24.8 Å². The Bertz CT molecular complexity index is 772. The molecule has 118 valence electrons. The highest BCUT2D eigenvalue weighted by atomic mass is 16.7. The van der Waals surface area contributed by atoms with Crippen LogP contribution in [0.5, 0.6) is 0 Å². The van der Waals surface area contributed by atoms with Crippen LogP contribution in [-0.4, -0.2) is 28.9 Å². The van der Waals surface area contributed by atoms with Gasteiger partial charge in [0, 0.05) is 5.56 Å². The zero-order valence-corrected chi connectivity index (χ0v) is 13.1. The zero-order valence-electron chi connectivity index (χ0n) is 13.1. The highest BCUT2D eigenvalue weighted by molar-refractivity contribution is 5.89. The van der Waals surface area contributed by atoms with Crippen LogP contribution in [0.1, 0.15) is 28.7 Å². The average molecular weight is 311 g/mol. The Morgan fingerprint density at radius 1 is 1.52 bits per heavy atom. The normalized spacial score (nSPS) is 9.96. The molecule has 6 nitrogen and oxygen atoms in total. The van der Waals surface area contributed by atoms with Crippen molar-refractivity contribution in [2.24, 2.45) is 0 Å². The molecular weight excluding hydrogens is 294 g/mol. The molecule has 0 aliphatic carbocycles. The van der Waals surface area contributed by atoms with Crippen molar-refractivity contribution in [3.8, 4) is 17.5 Å². The van der Waals surface area contributed by atoms with E-state index in [0.29, 0.717) is 22.6 Å². The molecule has 0 amide bonds. The summed E-state index contributed by atoms with van der Waals surface area (Å²) < 4.78 is 6.40. The number of esters is 1. The minimum absolute atomic E-state index is 0.202. The highest BCUT2D eigenvalue weighted by Gasteiger charge is 2.24. The van der Waals surface area contributed by atoms with E-state index in [-0.39, 0.29) is 18.9 Å². The maximum atomic E-state index is 12.2. The summed E-state index contributed by atoms with van der Waals surface area (Å²) in [6.07, 6.45) is 1.57. The lowest BCUT2D eigenvalue weighted by Crippen LogP contribution is -2.20. The van der Waals surface area contributed by atoms with E-state index in [1.807, 2.05) is 0 Å². The van der Waals surface area contributed by atoms with Crippen LogP contribution in [0.15, 0.2) is 36.9 Å². The Morgan fingerprint density at radius 2 is 2.30 bits per heavy atom. The van der Waals surface area contributed by atoms with Crippen molar-refractivity contribution in [3.63, 3.8) is 0 Å². The number of rotatable bonds is 6. The molecule has 0 aliphatic rings. The molecule has 1 aromatic carbocycles. The number of nitriles is 1. The van der Waals surface area contributed by atoms with Gasteiger partial charge in [-0.25, -0.2) is 9.78 Å². The first-order valence-electron chi connectivity index (χ1n) is 7.13. The summed E-state index contributed by atoms with van der Waals surface area (Å²) in [6, 6.07) is 9.01. The summed E-state index contributed by atoms with van der Waals surface area (Å²) in [5.74, 6) is -0.0752. The van der Waals surface area contributed by atoms with Gasteiger partial charge < -0.3 is 9.57 Å².